The Labute approximate surface area is 121 Å². The van der Waals surface area contributed by atoms with Gasteiger partial charge in [0.2, 0.25) is 11.8 Å². The van der Waals surface area contributed by atoms with Gasteiger partial charge >= 0.3 is 0 Å². The van der Waals surface area contributed by atoms with Crippen molar-refractivity contribution in [3.8, 4) is 0 Å². The molecule has 0 aliphatic carbocycles. The monoisotopic (exact) mass is 291 g/mol. The summed E-state index contributed by atoms with van der Waals surface area (Å²) in [4.78, 5) is 24.9. The van der Waals surface area contributed by atoms with Gasteiger partial charge in [0.15, 0.2) is 0 Å². The third-order valence-electron chi connectivity index (χ3n) is 3.86. The Morgan fingerprint density at radius 3 is 2.58 bits per heavy atom. The molecule has 1 rings (SSSR count). The Bertz CT molecular complexity index is 312. The van der Waals surface area contributed by atoms with Crippen LogP contribution in [0.5, 0.6) is 0 Å². The number of halogens is 1. The number of carbonyl (C=O) groups excluding carboxylic acids is 2. The molecule has 1 saturated heterocycles. The third kappa shape index (κ3) is 5.37. The minimum atomic E-state index is -0.428. The van der Waals surface area contributed by atoms with Crippen molar-refractivity contribution in [2.24, 2.45) is 23.3 Å². The van der Waals surface area contributed by atoms with E-state index in [2.05, 4.69) is 0 Å². The molecule has 6 heteroatoms. The van der Waals surface area contributed by atoms with Gasteiger partial charge in [-0.25, -0.2) is 0 Å². The van der Waals surface area contributed by atoms with Gasteiger partial charge in [-0.2, -0.15) is 0 Å². The number of nitrogens with two attached hydrogens (primary N) is 2. The fraction of sp³-hybridized carbons (Fsp3) is 0.846. The number of hydrogen-bond donors (Lipinski definition) is 2. The number of amides is 2. The van der Waals surface area contributed by atoms with Crippen LogP contribution in [0.1, 0.15) is 39.5 Å². The van der Waals surface area contributed by atoms with Crippen molar-refractivity contribution in [2.45, 2.75) is 45.6 Å². The molecule has 0 aromatic carbocycles. The molecule has 19 heavy (non-hydrogen) atoms. The number of likely N-dealkylation sites (tertiary alicyclic amines) is 1. The molecule has 112 valence electrons. The molecule has 0 spiro atoms. The second-order valence-electron chi connectivity index (χ2n) is 5.37. The number of piperidine rings is 1. The van der Waals surface area contributed by atoms with Crippen LogP contribution in [0.25, 0.3) is 0 Å². The molecule has 2 amide bonds. The summed E-state index contributed by atoms with van der Waals surface area (Å²) in [5, 5.41) is 0. The van der Waals surface area contributed by atoms with Crippen LogP contribution in [-0.2, 0) is 9.59 Å². The fourth-order valence-corrected chi connectivity index (χ4v) is 2.42. The van der Waals surface area contributed by atoms with Crippen LogP contribution >= 0.6 is 12.4 Å². The molecular formula is C13H26ClN3O2. The number of primary amides is 1. The first-order valence-corrected chi connectivity index (χ1v) is 6.78. The van der Waals surface area contributed by atoms with E-state index < -0.39 is 6.04 Å². The number of rotatable bonds is 5. The van der Waals surface area contributed by atoms with E-state index in [1.165, 1.54) is 0 Å². The van der Waals surface area contributed by atoms with E-state index in [1.807, 2.05) is 13.8 Å². The lowest BCUT2D eigenvalue weighted by molar-refractivity contribution is -0.136. The van der Waals surface area contributed by atoms with E-state index in [-0.39, 0.29) is 36.1 Å². The highest BCUT2D eigenvalue weighted by molar-refractivity contribution is 5.85. The van der Waals surface area contributed by atoms with Crippen LogP contribution in [0.3, 0.4) is 0 Å². The maximum absolute atomic E-state index is 12.2. The first kappa shape index (κ1) is 18.2. The van der Waals surface area contributed by atoms with Crippen LogP contribution in [0, 0.1) is 11.8 Å². The first-order chi connectivity index (χ1) is 8.45. The van der Waals surface area contributed by atoms with Crippen molar-refractivity contribution in [1.29, 1.82) is 0 Å². The predicted molar refractivity (Wildman–Crippen MR) is 77.8 cm³/mol. The molecule has 0 aromatic heterocycles. The molecule has 1 aliphatic rings. The summed E-state index contributed by atoms with van der Waals surface area (Å²) in [6.45, 7) is 5.39. The van der Waals surface area contributed by atoms with Crippen molar-refractivity contribution < 1.29 is 9.59 Å². The zero-order chi connectivity index (χ0) is 13.7. The molecule has 0 bridgehead atoms. The highest BCUT2D eigenvalue weighted by atomic mass is 35.5. The van der Waals surface area contributed by atoms with Crippen LogP contribution in [-0.4, -0.2) is 35.8 Å². The summed E-state index contributed by atoms with van der Waals surface area (Å²) >= 11 is 0. The van der Waals surface area contributed by atoms with Gasteiger partial charge in [0.05, 0.1) is 6.04 Å². The summed E-state index contributed by atoms with van der Waals surface area (Å²) in [6.07, 6.45) is 3.15. The molecule has 0 radical (unpaired) electrons. The van der Waals surface area contributed by atoms with Crippen LogP contribution in [0.4, 0.5) is 0 Å². The van der Waals surface area contributed by atoms with Crippen molar-refractivity contribution in [2.75, 3.05) is 13.1 Å². The average Bonchev–Trinajstić information content (AvgIpc) is 2.35. The van der Waals surface area contributed by atoms with Gasteiger partial charge in [-0.3, -0.25) is 9.59 Å². The molecule has 0 aromatic rings. The Balaban J connectivity index is 0.00000324. The predicted octanol–water partition coefficient (Wildman–Crippen LogP) is 0.896. The zero-order valence-corrected chi connectivity index (χ0v) is 12.6. The van der Waals surface area contributed by atoms with Gasteiger partial charge in [0.1, 0.15) is 0 Å². The number of carbonyl (C=O) groups is 2. The van der Waals surface area contributed by atoms with Gasteiger partial charge in [0, 0.05) is 19.5 Å². The Morgan fingerprint density at radius 2 is 2.05 bits per heavy atom. The zero-order valence-electron chi connectivity index (χ0n) is 11.8. The Hall–Kier alpha value is -0.810. The van der Waals surface area contributed by atoms with Crippen molar-refractivity contribution in [3.05, 3.63) is 0 Å². The SMILES string of the molecule is CCC(C)C(N)C(=O)N1CCCC(CC(N)=O)C1.Cl. The average molecular weight is 292 g/mol. The maximum Gasteiger partial charge on any atom is 0.239 e. The molecule has 1 fully saturated rings. The highest BCUT2D eigenvalue weighted by Gasteiger charge is 2.29. The lowest BCUT2D eigenvalue weighted by atomic mass is 9.92. The van der Waals surface area contributed by atoms with Crippen LogP contribution in [0.2, 0.25) is 0 Å². The molecule has 1 heterocycles. The van der Waals surface area contributed by atoms with E-state index in [1.54, 1.807) is 4.90 Å². The molecule has 3 atom stereocenters. The molecule has 5 nitrogen and oxygen atoms in total. The standard InChI is InChI=1S/C13H25N3O2.ClH/c1-3-9(2)12(15)13(18)16-6-4-5-10(8-16)7-11(14)17;/h9-10,12H,3-8,15H2,1-2H3,(H2,14,17);1H. The third-order valence-corrected chi connectivity index (χ3v) is 3.86. The summed E-state index contributed by atoms with van der Waals surface area (Å²) in [5.74, 6) is 0.109. The minimum Gasteiger partial charge on any atom is -0.370 e. The van der Waals surface area contributed by atoms with Crippen molar-refractivity contribution in [3.63, 3.8) is 0 Å². The molecule has 3 unspecified atom stereocenters. The van der Waals surface area contributed by atoms with Crippen LogP contribution in [0.15, 0.2) is 0 Å². The quantitative estimate of drug-likeness (QED) is 0.788. The highest BCUT2D eigenvalue weighted by Crippen LogP contribution is 2.21. The van der Waals surface area contributed by atoms with E-state index in [9.17, 15) is 9.59 Å². The van der Waals surface area contributed by atoms with Crippen LogP contribution < -0.4 is 11.5 Å². The number of hydrogen-bond acceptors (Lipinski definition) is 3. The second kappa shape index (κ2) is 8.38. The van der Waals surface area contributed by atoms with E-state index in [0.717, 1.165) is 25.8 Å². The number of nitrogens with zero attached hydrogens (tertiary/aromatic N) is 1. The van der Waals surface area contributed by atoms with Gasteiger partial charge in [-0.15, -0.1) is 12.4 Å². The molecule has 4 N–H and O–H groups in total. The lowest BCUT2D eigenvalue weighted by Crippen LogP contribution is -2.50. The minimum absolute atomic E-state index is 0. The summed E-state index contributed by atoms with van der Waals surface area (Å²) in [7, 11) is 0. The maximum atomic E-state index is 12.2. The second-order valence-corrected chi connectivity index (χ2v) is 5.37. The largest absolute Gasteiger partial charge is 0.370 e. The fourth-order valence-electron chi connectivity index (χ4n) is 2.42. The molecule has 1 aliphatic heterocycles. The van der Waals surface area contributed by atoms with E-state index >= 15 is 0 Å². The van der Waals surface area contributed by atoms with E-state index in [0.29, 0.717) is 13.0 Å². The molecular weight excluding hydrogens is 266 g/mol. The summed E-state index contributed by atoms with van der Waals surface area (Å²) in [5.41, 5.74) is 11.2. The van der Waals surface area contributed by atoms with Crippen molar-refractivity contribution >= 4 is 24.2 Å². The van der Waals surface area contributed by atoms with Gasteiger partial charge < -0.3 is 16.4 Å². The molecule has 0 saturated carbocycles. The van der Waals surface area contributed by atoms with Gasteiger partial charge in [-0.1, -0.05) is 20.3 Å². The summed E-state index contributed by atoms with van der Waals surface area (Å²) < 4.78 is 0. The van der Waals surface area contributed by atoms with E-state index in [4.69, 9.17) is 11.5 Å². The Morgan fingerprint density at radius 1 is 1.42 bits per heavy atom. The smallest absolute Gasteiger partial charge is 0.239 e. The van der Waals surface area contributed by atoms with Crippen molar-refractivity contribution in [1.82, 2.24) is 4.90 Å². The van der Waals surface area contributed by atoms with Gasteiger partial charge in [-0.05, 0) is 24.7 Å². The lowest BCUT2D eigenvalue weighted by Gasteiger charge is -2.35. The summed E-state index contributed by atoms with van der Waals surface area (Å²) in [6, 6.07) is -0.428. The Kier molecular flexibility index (Phi) is 8.02. The normalized spacial score (nSPS) is 22.3. The first-order valence-electron chi connectivity index (χ1n) is 6.78. The van der Waals surface area contributed by atoms with Gasteiger partial charge in [0.25, 0.3) is 0 Å². The topological polar surface area (TPSA) is 89.4 Å².